The van der Waals surface area contributed by atoms with E-state index in [1.807, 2.05) is 10.9 Å². The van der Waals surface area contributed by atoms with Crippen molar-refractivity contribution < 1.29 is 4.74 Å². The van der Waals surface area contributed by atoms with Crippen LogP contribution in [0.15, 0.2) is 24.4 Å². The fourth-order valence-electron chi connectivity index (χ4n) is 3.28. The number of aromatic nitrogens is 3. The van der Waals surface area contributed by atoms with Crippen LogP contribution in [-0.4, -0.2) is 27.7 Å². The van der Waals surface area contributed by atoms with Crippen LogP contribution in [-0.2, 0) is 11.3 Å². The number of nitrogens with zero attached hydrogens (tertiary/aromatic N) is 3. The molecule has 0 N–H and O–H groups in total. The molecule has 130 valence electrons. The third-order valence-corrected chi connectivity index (χ3v) is 4.99. The Bertz CT molecular complexity index is 789. The fraction of sp³-hybridized carbons (Fsp3) is 0.524. The van der Waals surface area contributed by atoms with Gasteiger partial charge in [-0.25, -0.2) is 0 Å². The second-order valence-electron chi connectivity index (χ2n) is 7.22. The van der Waals surface area contributed by atoms with E-state index in [2.05, 4.69) is 47.3 Å². The second kappa shape index (κ2) is 7.41. The first kappa shape index (κ1) is 16.4. The Kier molecular flexibility index (Phi) is 4.85. The molecule has 0 unspecified atom stereocenters. The van der Waals surface area contributed by atoms with E-state index < -0.39 is 0 Å². The summed E-state index contributed by atoms with van der Waals surface area (Å²) in [4.78, 5) is 0. The van der Waals surface area contributed by atoms with Gasteiger partial charge in [-0.2, -0.15) is 0 Å². The number of aryl methyl sites for hydroxylation is 2. The van der Waals surface area contributed by atoms with Crippen LogP contribution in [0.5, 0.6) is 0 Å². The van der Waals surface area contributed by atoms with E-state index in [9.17, 15) is 0 Å². The minimum atomic E-state index is 0.382. The van der Waals surface area contributed by atoms with Crippen LogP contribution < -0.4 is 0 Å². The average Bonchev–Trinajstić information content (AvgIpc) is 3.36. The molecule has 1 aromatic carbocycles. The third-order valence-electron chi connectivity index (χ3n) is 4.99. The molecule has 0 bridgehead atoms. The van der Waals surface area contributed by atoms with Crippen molar-refractivity contribution in [3.63, 3.8) is 0 Å². The first-order valence-corrected chi connectivity index (χ1v) is 9.42. The number of ether oxygens (including phenoxy) is 1. The molecule has 1 aliphatic carbocycles. The van der Waals surface area contributed by atoms with Gasteiger partial charge in [-0.05, 0) is 63.1 Å². The predicted molar refractivity (Wildman–Crippen MR) is 98.0 cm³/mol. The molecule has 4 nitrogen and oxygen atoms in total. The summed E-state index contributed by atoms with van der Waals surface area (Å²) in [6, 6.07) is 6.36. The summed E-state index contributed by atoms with van der Waals surface area (Å²) in [7, 11) is 0. The molecular weight excluding hydrogens is 310 g/mol. The van der Waals surface area contributed by atoms with Crippen LogP contribution >= 0.6 is 0 Å². The normalized spacial score (nSPS) is 20.1. The predicted octanol–water partition coefficient (Wildman–Crippen LogP) is 3.97. The van der Waals surface area contributed by atoms with Gasteiger partial charge in [0.1, 0.15) is 5.69 Å². The standard InChI is InChI=1S/C21H25N3O/c1-16-14-18(8-7-17-5-6-17)9-10-20(16)21-15-24(23-22-21)12-11-19-4-2-3-13-25-19/h9-10,14-15,17,19H,2-6,11-13H2,1H3/t19-/m1/s1. The lowest BCUT2D eigenvalue weighted by atomic mass is 10.0. The van der Waals surface area contributed by atoms with Gasteiger partial charge in [0.2, 0.25) is 0 Å². The monoisotopic (exact) mass is 335 g/mol. The number of benzene rings is 1. The van der Waals surface area contributed by atoms with Crippen LogP contribution in [0.3, 0.4) is 0 Å². The van der Waals surface area contributed by atoms with Gasteiger partial charge >= 0.3 is 0 Å². The van der Waals surface area contributed by atoms with Crippen molar-refractivity contribution in [2.45, 2.75) is 58.1 Å². The topological polar surface area (TPSA) is 39.9 Å². The zero-order valence-corrected chi connectivity index (χ0v) is 14.9. The van der Waals surface area contributed by atoms with Gasteiger partial charge in [0.15, 0.2) is 0 Å². The quantitative estimate of drug-likeness (QED) is 0.794. The van der Waals surface area contributed by atoms with E-state index in [1.54, 1.807) is 0 Å². The summed E-state index contributed by atoms with van der Waals surface area (Å²) in [6.45, 7) is 3.89. The molecule has 0 radical (unpaired) electrons. The van der Waals surface area contributed by atoms with Gasteiger partial charge in [-0.1, -0.05) is 23.1 Å². The van der Waals surface area contributed by atoms with Crippen molar-refractivity contribution in [1.82, 2.24) is 15.0 Å². The summed E-state index contributed by atoms with van der Waals surface area (Å²) >= 11 is 0. The second-order valence-corrected chi connectivity index (χ2v) is 7.22. The highest BCUT2D eigenvalue weighted by atomic mass is 16.5. The van der Waals surface area contributed by atoms with Crippen molar-refractivity contribution in [1.29, 1.82) is 0 Å². The third kappa shape index (κ3) is 4.29. The minimum absolute atomic E-state index is 0.382. The highest BCUT2D eigenvalue weighted by molar-refractivity contribution is 5.64. The van der Waals surface area contributed by atoms with Crippen molar-refractivity contribution in [3.8, 4) is 23.1 Å². The molecule has 1 aliphatic heterocycles. The van der Waals surface area contributed by atoms with E-state index in [-0.39, 0.29) is 0 Å². The number of hydrogen-bond acceptors (Lipinski definition) is 3. The summed E-state index contributed by atoms with van der Waals surface area (Å²) in [5, 5.41) is 8.65. The van der Waals surface area contributed by atoms with E-state index in [0.29, 0.717) is 12.0 Å². The Morgan fingerprint density at radius 3 is 2.92 bits per heavy atom. The van der Waals surface area contributed by atoms with E-state index in [0.717, 1.165) is 36.4 Å². The molecule has 2 aliphatic rings. The molecule has 0 amide bonds. The molecule has 25 heavy (non-hydrogen) atoms. The van der Waals surface area contributed by atoms with Gasteiger partial charge in [-0.15, -0.1) is 5.10 Å². The molecule has 2 heterocycles. The van der Waals surface area contributed by atoms with Crippen LogP contribution in [0.25, 0.3) is 11.3 Å². The average molecular weight is 335 g/mol. The maximum atomic E-state index is 5.79. The number of rotatable bonds is 4. The highest BCUT2D eigenvalue weighted by Gasteiger charge is 2.18. The Labute approximate surface area is 149 Å². The van der Waals surface area contributed by atoms with Gasteiger partial charge in [-0.3, -0.25) is 4.68 Å². The summed E-state index contributed by atoms with van der Waals surface area (Å²) in [5.74, 6) is 7.23. The maximum Gasteiger partial charge on any atom is 0.113 e. The SMILES string of the molecule is Cc1cc(C#CC2CC2)ccc1-c1cn(CC[C@H]2CCCCO2)nn1. The summed E-state index contributed by atoms with van der Waals surface area (Å²) < 4.78 is 7.73. The largest absolute Gasteiger partial charge is 0.378 e. The highest BCUT2D eigenvalue weighted by Crippen LogP contribution is 2.28. The summed E-state index contributed by atoms with van der Waals surface area (Å²) in [5.41, 5.74) is 4.36. The van der Waals surface area contributed by atoms with Gasteiger partial charge < -0.3 is 4.74 Å². The molecule has 0 spiro atoms. The van der Waals surface area contributed by atoms with E-state index in [1.165, 1.54) is 37.7 Å². The Morgan fingerprint density at radius 2 is 2.16 bits per heavy atom. The summed E-state index contributed by atoms with van der Waals surface area (Å²) in [6.07, 6.45) is 9.61. The first-order chi connectivity index (χ1) is 12.3. The van der Waals surface area contributed by atoms with Gasteiger partial charge in [0.05, 0.1) is 12.3 Å². The molecule has 4 heteroatoms. The number of hydrogen-bond donors (Lipinski definition) is 0. The first-order valence-electron chi connectivity index (χ1n) is 9.42. The van der Waals surface area contributed by atoms with Gasteiger partial charge in [0, 0.05) is 30.2 Å². The molecule has 2 aromatic rings. The zero-order valence-electron chi connectivity index (χ0n) is 14.9. The van der Waals surface area contributed by atoms with Crippen molar-refractivity contribution in [2.24, 2.45) is 5.92 Å². The van der Waals surface area contributed by atoms with Crippen LogP contribution in [0.2, 0.25) is 0 Å². The minimum Gasteiger partial charge on any atom is -0.378 e. The fourth-order valence-corrected chi connectivity index (χ4v) is 3.28. The van der Waals surface area contributed by atoms with Crippen LogP contribution in [0.1, 0.15) is 49.7 Å². The van der Waals surface area contributed by atoms with Crippen LogP contribution in [0.4, 0.5) is 0 Å². The van der Waals surface area contributed by atoms with Crippen molar-refractivity contribution in [2.75, 3.05) is 6.61 Å². The Balaban J connectivity index is 1.41. The van der Waals surface area contributed by atoms with Crippen molar-refractivity contribution >= 4 is 0 Å². The van der Waals surface area contributed by atoms with Crippen LogP contribution in [0, 0.1) is 24.7 Å². The van der Waals surface area contributed by atoms with E-state index >= 15 is 0 Å². The van der Waals surface area contributed by atoms with Gasteiger partial charge in [0.25, 0.3) is 0 Å². The lowest BCUT2D eigenvalue weighted by Crippen LogP contribution is -2.20. The lowest BCUT2D eigenvalue weighted by molar-refractivity contribution is 0.00820. The lowest BCUT2D eigenvalue weighted by Gasteiger charge is -2.22. The molecule has 2 fully saturated rings. The molecular formula is C21H25N3O. The zero-order chi connectivity index (χ0) is 17.1. The smallest absolute Gasteiger partial charge is 0.113 e. The molecule has 1 saturated carbocycles. The Hall–Kier alpha value is -2.12. The maximum absolute atomic E-state index is 5.79. The van der Waals surface area contributed by atoms with Crippen molar-refractivity contribution in [3.05, 3.63) is 35.5 Å². The molecule has 1 saturated heterocycles. The Morgan fingerprint density at radius 1 is 1.24 bits per heavy atom. The molecule has 4 rings (SSSR count). The molecule has 1 aromatic heterocycles. The molecule has 1 atom stereocenters. The van der Waals surface area contributed by atoms with E-state index in [4.69, 9.17) is 4.74 Å².